The molecule has 0 spiro atoms. The van der Waals surface area contributed by atoms with Crippen molar-refractivity contribution in [2.24, 2.45) is 5.41 Å². The molecular formula is C37H44N2O6. The number of carbonyl (C=O) groups is 4. The lowest BCUT2D eigenvalue weighted by Gasteiger charge is -2.39. The Labute approximate surface area is 265 Å². The van der Waals surface area contributed by atoms with Gasteiger partial charge in [-0.3, -0.25) is 19.2 Å². The summed E-state index contributed by atoms with van der Waals surface area (Å²) < 4.78 is 13.2. The molecule has 1 saturated heterocycles. The third-order valence-corrected chi connectivity index (χ3v) is 9.12. The van der Waals surface area contributed by atoms with Gasteiger partial charge in [-0.15, -0.1) is 0 Å². The highest BCUT2D eigenvalue weighted by Gasteiger charge is 2.33. The number of aryl methyl sites for hydroxylation is 1. The third-order valence-electron chi connectivity index (χ3n) is 9.12. The first kappa shape index (κ1) is 30.8. The van der Waals surface area contributed by atoms with E-state index < -0.39 is 17.4 Å². The van der Waals surface area contributed by atoms with Crippen LogP contribution >= 0.6 is 0 Å². The van der Waals surface area contributed by atoms with Crippen LogP contribution < -0.4 is 5.32 Å². The molecule has 8 heteroatoms. The summed E-state index contributed by atoms with van der Waals surface area (Å²) in [7, 11) is 0. The SMILES string of the molecule is [3H]CC1(COC(=O)CCC(=O)O)CCN(C(=O)CCCCCNC(=O)CCCc2ccc3ccc4cccc5ccc2c3c45)CC1. The van der Waals surface area contributed by atoms with Crippen LogP contribution in [0.5, 0.6) is 0 Å². The van der Waals surface area contributed by atoms with Crippen LogP contribution in [0.2, 0.25) is 0 Å². The molecule has 1 aliphatic rings. The van der Waals surface area contributed by atoms with Crippen LogP contribution in [0.1, 0.15) is 78.0 Å². The van der Waals surface area contributed by atoms with Crippen molar-refractivity contribution in [3.05, 3.63) is 60.2 Å². The average molecular weight is 615 g/mol. The minimum Gasteiger partial charge on any atom is -0.481 e. The van der Waals surface area contributed by atoms with Gasteiger partial charge in [-0.1, -0.05) is 67.9 Å². The molecule has 5 rings (SSSR count). The van der Waals surface area contributed by atoms with Gasteiger partial charge in [0.2, 0.25) is 11.8 Å². The molecule has 4 aromatic carbocycles. The van der Waals surface area contributed by atoms with Crippen molar-refractivity contribution in [1.29, 1.82) is 0 Å². The van der Waals surface area contributed by atoms with Crippen molar-refractivity contribution in [3.8, 4) is 0 Å². The molecule has 0 atom stereocenters. The van der Waals surface area contributed by atoms with E-state index in [9.17, 15) is 19.2 Å². The van der Waals surface area contributed by atoms with Gasteiger partial charge < -0.3 is 20.1 Å². The summed E-state index contributed by atoms with van der Waals surface area (Å²) in [5, 5.41) is 19.4. The Morgan fingerprint density at radius 1 is 0.844 bits per heavy atom. The highest BCUT2D eigenvalue weighted by molar-refractivity contribution is 6.23. The Balaban J connectivity index is 0.956. The maximum atomic E-state index is 12.7. The second-order valence-corrected chi connectivity index (χ2v) is 12.5. The molecule has 45 heavy (non-hydrogen) atoms. The van der Waals surface area contributed by atoms with Crippen LogP contribution in [0.4, 0.5) is 0 Å². The number of ether oxygens (including phenoxy) is 1. The first-order valence-electron chi connectivity index (χ1n) is 16.9. The summed E-state index contributed by atoms with van der Waals surface area (Å²) in [4.78, 5) is 49.5. The Morgan fingerprint density at radius 2 is 1.56 bits per heavy atom. The molecule has 0 aromatic heterocycles. The Morgan fingerprint density at radius 3 is 2.29 bits per heavy atom. The number of rotatable bonds is 15. The molecule has 0 bridgehead atoms. The van der Waals surface area contributed by atoms with Gasteiger partial charge in [0.1, 0.15) is 0 Å². The largest absolute Gasteiger partial charge is 0.481 e. The number of amides is 2. The van der Waals surface area contributed by atoms with Crippen molar-refractivity contribution in [3.63, 3.8) is 0 Å². The molecule has 1 aliphatic heterocycles. The van der Waals surface area contributed by atoms with Gasteiger partial charge in [0.05, 0.1) is 19.4 Å². The number of nitrogens with one attached hydrogen (secondary N) is 1. The van der Waals surface area contributed by atoms with E-state index in [2.05, 4.69) is 59.9 Å². The minimum absolute atomic E-state index is 0.0625. The molecule has 1 fully saturated rings. The number of likely N-dealkylation sites (tertiary alicyclic amines) is 1. The van der Waals surface area contributed by atoms with Crippen LogP contribution in [0.15, 0.2) is 54.6 Å². The quantitative estimate of drug-likeness (QED) is 0.0884. The summed E-state index contributed by atoms with van der Waals surface area (Å²) in [6, 6.07) is 19.6. The highest BCUT2D eigenvalue weighted by Crippen LogP contribution is 2.36. The van der Waals surface area contributed by atoms with Crippen molar-refractivity contribution in [2.75, 3.05) is 26.2 Å². The summed E-state index contributed by atoms with van der Waals surface area (Å²) in [5.41, 5.74) is 0.786. The molecule has 1 heterocycles. The van der Waals surface area contributed by atoms with E-state index in [1.165, 1.54) is 37.9 Å². The molecule has 4 aromatic rings. The van der Waals surface area contributed by atoms with E-state index in [0.717, 1.165) is 32.1 Å². The Hall–Kier alpha value is -4.20. The van der Waals surface area contributed by atoms with E-state index in [-0.39, 0.29) is 38.2 Å². The third kappa shape index (κ3) is 8.29. The van der Waals surface area contributed by atoms with Crippen LogP contribution in [0, 0.1) is 5.41 Å². The molecule has 0 radical (unpaired) electrons. The average Bonchev–Trinajstić information content (AvgIpc) is 3.07. The fraction of sp³-hybridized carbons (Fsp3) is 0.459. The number of hydrogen-bond acceptors (Lipinski definition) is 5. The maximum absolute atomic E-state index is 12.7. The minimum atomic E-state index is -1.05. The highest BCUT2D eigenvalue weighted by atomic mass is 16.5. The maximum Gasteiger partial charge on any atom is 0.306 e. The van der Waals surface area contributed by atoms with E-state index in [1.807, 2.05) is 4.90 Å². The van der Waals surface area contributed by atoms with E-state index in [1.54, 1.807) is 0 Å². The summed E-state index contributed by atoms with van der Waals surface area (Å²) >= 11 is 0. The fourth-order valence-corrected chi connectivity index (χ4v) is 6.39. The van der Waals surface area contributed by atoms with Crippen LogP contribution in [-0.2, 0) is 30.3 Å². The van der Waals surface area contributed by atoms with Crippen molar-refractivity contribution >= 4 is 56.1 Å². The first-order chi connectivity index (χ1) is 22.3. The number of hydrogen-bond donors (Lipinski definition) is 2. The van der Waals surface area contributed by atoms with Crippen molar-refractivity contribution in [2.45, 2.75) is 77.5 Å². The lowest BCUT2D eigenvalue weighted by atomic mass is 9.81. The van der Waals surface area contributed by atoms with Gasteiger partial charge in [0.25, 0.3) is 0 Å². The number of aliphatic carboxylic acids is 1. The predicted octanol–water partition coefficient (Wildman–Crippen LogP) is 6.62. The normalized spacial score (nSPS) is 14.9. The number of carboxylic acids is 1. The van der Waals surface area contributed by atoms with Crippen molar-refractivity contribution < 1.29 is 30.4 Å². The molecule has 0 saturated carbocycles. The molecule has 0 unspecified atom stereocenters. The molecule has 0 aliphatic carbocycles. The summed E-state index contributed by atoms with van der Waals surface area (Å²) in [5.74, 6) is -1.46. The van der Waals surface area contributed by atoms with Gasteiger partial charge >= 0.3 is 11.9 Å². The topological polar surface area (TPSA) is 113 Å². The standard InChI is InChI=1S/C37H44N2O6/c1-37(25-45-34(44)19-18-33(42)43)20-23-39(24-21-37)32(41)11-3-2-4-22-38-31(40)10-6-7-26-12-13-29-15-14-27-8-5-9-28-16-17-30(26)36(29)35(27)28/h5,8-9,12-17H,2-4,6-7,10-11,18-25H2,1H3,(H,38,40)(H,42,43)/i1T. The fourth-order valence-electron chi connectivity index (χ4n) is 6.39. The zero-order chi connectivity index (χ0) is 32.5. The van der Waals surface area contributed by atoms with Crippen LogP contribution in [-0.4, -0.2) is 60.0 Å². The number of benzene rings is 4. The summed E-state index contributed by atoms with van der Waals surface area (Å²) in [6.07, 6.45) is 5.71. The monoisotopic (exact) mass is 614 g/mol. The van der Waals surface area contributed by atoms with E-state index >= 15 is 0 Å². The van der Waals surface area contributed by atoms with Gasteiger partial charge in [0, 0.05) is 39.3 Å². The second kappa shape index (κ2) is 14.7. The second-order valence-electron chi connectivity index (χ2n) is 12.5. The number of nitrogens with zero attached hydrogens (tertiary/aromatic N) is 1. The molecular weight excluding hydrogens is 568 g/mol. The number of piperidine rings is 1. The predicted molar refractivity (Wildman–Crippen MR) is 176 cm³/mol. The molecule has 2 amide bonds. The van der Waals surface area contributed by atoms with Crippen LogP contribution in [0.3, 0.4) is 0 Å². The molecule has 238 valence electrons. The lowest BCUT2D eigenvalue weighted by Crippen LogP contribution is -2.44. The molecule has 2 N–H and O–H groups in total. The lowest BCUT2D eigenvalue weighted by molar-refractivity contribution is -0.151. The number of unbranched alkanes of at least 4 members (excludes halogenated alkanes) is 2. The van der Waals surface area contributed by atoms with Gasteiger partial charge in [-0.2, -0.15) is 0 Å². The Bertz CT molecular complexity index is 1660. The van der Waals surface area contributed by atoms with Crippen molar-refractivity contribution in [1.82, 2.24) is 10.2 Å². The van der Waals surface area contributed by atoms with E-state index in [4.69, 9.17) is 11.2 Å². The van der Waals surface area contributed by atoms with Gasteiger partial charge in [0.15, 0.2) is 0 Å². The zero-order valence-corrected chi connectivity index (χ0v) is 25.9. The number of carbonyl (C=O) groups excluding carboxylic acids is 3. The Kier molecular flexibility index (Phi) is 10.1. The smallest absolute Gasteiger partial charge is 0.306 e. The van der Waals surface area contributed by atoms with Crippen LogP contribution in [0.25, 0.3) is 32.3 Å². The summed E-state index contributed by atoms with van der Waals surface area (Å²) in [6.45, 7) is 1.83. The zero-order valence-electron chi connectivity index (χ0n) is 26.9. The van der Waals surface area contributed by atoms with E-state index in [0.29, 0.717) is 45.3 Å². The number of esters is 1. The number of carboxylic acid groups (broad SMARTS) is 1. The van der Waals surface area contributed by atoms with Gasteiger partial charge in [-0.25, -0.2) is 0 Å². The first-order valence-corrected chi connectivity index (χ1v) is 16.2. The molecule has 8 nitrogen and oxygen atoms in total. The van der Waals surface area contributed by atoms with Gasteiger partial charge in [-0.05, 0) is 76.4 Å².